The number of hydrogen-bond acceptors (Lipinski definition) is 3. The van der Waals surface area contributed by atoms with Gasteiger partial charge < -0.3 is 10.1 Å². The van der Waals surface area contributed by atoms with Crippen LogP contribution in [0.1, 0.15) is 32.6 Å². The molecule has 0 spiro atoms. The maximum absolute atomic E-state index is 5.53. The van der Waals surface area contributed by atoms with Crippen LogP contribution >= 0.6 is 11.8 Å². The van der Waals surface area contributed by atoms with E-state index < -0.39 is 0 Å². The molecule has 0 bridgehead atoms. The van der Waals surface area contributed by atoms with E-state index in [0.717, 1.165) is 30.9 Å². The summed E-state index contributed by atoms with van der Waals surface area (Å²) < 4.78 is 5.53. The van der Waals surface area contributed by atoms with Gasteiger partial charge in [0.15, 0.2) is 0 Å². The van der Waals surface area contributed by atoms with E-state index in [2.05, 4.69) is 24.0 Å². The summed E-state index contributed by atoms with van der Waals surface area (Å²) in [5.74, 6) is 2.13. The molecule has 0 radical (unpaired) electrons. The van der Waals surface area contributed by atoms with Crippen LogP contribution < -0.4 is 5.32 Å². The van der Waals surface area contributed by atoms with Crippen molar-refractivity contribution in [3.05, 3.63) is 0 Å². The van der Waals surface area contributed by atoms with Crippen molar-refractivity contribution in [3.8, 4) is 0 Å². The van der Waals surface area contributed by atoms with Gasteiger partial charge in [-0.2, -0.15) is 11.8 Å². The van der Waals surface area contributed by atoms with Crippen LogP contribution in [0.5, 0.6) is 0 Å². The van der Waals surface area contributed by atoms with E-state index in [1.54, 1.807) is 0 Å². The van der Waals surface area contributed by atoms with E-state index >= 15 is 0 Å². The van der Waals surface area contributed by atoms with E-state index in [-0.39, 0.29) is 0 Å². The topological polar surface area (TPSA) is 21.3 Å². The molecule has 0 amide bonds. The zero-order valence-corrected chi connectivity index (χ0v) is 10.5. The summed E-state index contributed by atoms with van der Waals surface area (Å²) in [5.41, 5.74) is 0. The van der Waals surface area contributed by atoms with Crippen LogP contribution in [-0.4, -0.2) is 36.8 Å². The Labute approximate surface area is 97.5 Å². The summed E-state index contributed by atoms with van der Waals surface area (Å²) in [6, 6.07) is 0.708. The molecule has 0 aliphatic carbocycles. The fraction of sp³-hybridized carbons (Fsp3) is 1.00. The molecule has 3 atom stereocenters. The van der Waals surface area contributed by atoms with Gasteiger partial charge in [0.25, 0.3) is 0 Å². The summed E-state index contributed by atoms with van der Waals surface area (Å²) in [6.45, 7) is 5.38. The van der Waals surface area contributed by atoms with Crippen LogP contribution in [0.25, 0.3) is 0 Å². The first-order chi connectivity index (χ1) is 7.42. The van der Waals surface area contributed by atoms with Crippen molar-refractivity contribution in [1.29, 1.82) is 0 Å². The summed E-state index contributed by atoms with van der Waals surface area (Å²) >= 11 is 2.17. The molecule has 88 valence electrons. The van der Waals surface area contributed by atoms with Crippen LogP contribution in [0.2, 0.25) is 0 Å². The highest BCUT2D eigenvalue weighted by Gasteiger charge is 2.33. The highest BCUT2D eigenvalue weighted by molar-refractivity contribution is 8.00. The first-order valence-corrected chi connectivity index (χ1v) is 7.39. The van der Waals surface area contributed by atoms with Crippen molar-refractivity contribution in [2.75, 3.05) is 25.5 Å². The molecule has 0 aromatic heterocycles. The average Bonchev–Trinajstić information content (AvgIpc) is 2.90. The van der Waals surface area contributed by atoms with E-state index in [1.807, 2.05) is 0 Å². The van der Waals surface area contributed by atoms with Gasteiger partial charge in [-0.3, -0.25) is 0 Å². The standard InChI is InChI=1S/C12H23NOS/c1-2-6-13-12(10-5-7-14-9-10)11-4-3-8-15-11/h10-13H,2-9H2,1H3. The Hall–Kier alpha value is 0.270. The highest BCUT2D eigenvalue weighted by Crippen LogP contribution is 2.33. The SMILES string of the molecule is CCCNC(C1CCOC1)C1CCCS1. The number of nitrogens with one attached hydrogen (secondary N) is 1. The Morgan fingerprint density at radius 2 is 2.40 bits per heavy atom. The normalized spacial score (nSPS) is 33.4. The predicted molar refractivity (Wildman–Crippen MR) is 66.5 cm³/mol. The fourth-order valence-corrected chi connectivity index (χ4v) is 4.13. The molecule has 2 aliphatic heterocycles. The Kier molecular flexibility index (Phi) is 4.79. The summed E-state index contributed by atoms with van der Waals surface area (Å²) in [6.07, 6.45) is 5.32. The minimum absolute atomic E-state index is 0.708. The maximum atomic E-state index is 5.53. The number of thioether (sulfide) groups is 1. The van der Waals surface area contributed by atoms with Gasteiger partial charge in [0.05, 0.1) is 6.61 Å². The number of rotatable bonds is 5. The number of hydrogen-bond donors (Lipinski definition) is 1. The lowest BCUT2D eigenvalue weighted by Crippen LogP contribution is -2.44. The molecule has 2 fully saturated rings. The van der Waals surface area contributed by atoms with Crippen molar-refractivity contribution < 1.29 is 4.74 Å². The van der Waals surface area contributed by atoms with Crippen LogP contribution in [0, 0.1) is 5.92 Å². The maximum Gasteiger partial charge on any atom is 0.0510 e. The Bertz CT molecular complexity index is 160. The van der Waals surface area contributed by atoms with Crippen LogP contribution in [-0.2, 0) is 4.74 Å². The number of ether oxygens (including phenoxy) is 1. The molecule has 3 heteroatoms. The molecule has 15 heavy (non-hydrogen) atoms. The lowest BCUT2D eigenvalue weighted by atomic mass is 9.94. The van der Waals surface area contributed by atoms with Crippen molar-refractivity contribution in [3.63, 3.8) is 0 Å². The largest absolute Gasteiger partial charge is 0.381 e. The quantitative estimate of drug-likeness (QED) is 0.781. The first-order valence-electron chi connectivity index (χ1n) is 6.34. The van der Waals surface area contributed by atoms with Crippen LogP contribution in [0.3, 0.4) is 0 Å². The second-order valence-electron chi connectivity index (χ2n) is 4.66. The second-order valence-corrected chi connectivity index (χ2v) is 6.00. The molecule has 2 aliphatic rings. The molecule has 3 unspecified atom stereocenters. The van der Waals surface area contributed by atoms with Crippen molar-refractivity contribution in [2.24, 2.45) is 5.92 Å². The summed E-state index contributed by atoms with van der Waals surface area (Å²) in [4.78, 5) is 0. The van der Waals surface area contributed by atoms with Crippen LogP contribution in [0.4, 0.5) is 0 Å². The lowest BCUT2D eigenvalue weighted by Gasteiger charge is -2.28. The first kappa shape index (κ1) is 11.7. The molecule has 2 heterocycles. The van der Waals surface area contributed by atoms with Gasteiger partial charge in [0.1, 0.15) is 0 Å². The van der Waals surface area contributed by atoms with Gasteiger partial charge in [-0.15, -0.1) is 0 Å². The zero-order chi connectivity index (χ0) is 10.5. The molecule has 0 saturated carbocycles. The molecule has 0 aromatic rings. The van der Waals surface area contributed by atoms with Crippen molar-refractivity contribution in [2.45, 2.75) is 43.9 Å². The highest BCUT2D eigenvalue weighted by atomic mass is 32.2. The van der Waals surface area contributed by atoms with E-state index in [4.69, 9.17) is 4.74 Å². The van der Waals surface area contributed by atoms with Gasteiger partial charge in [0, 0.05) is 23.8 Å². The fourth-order valence-electron chi connectivity index (χ4n) is 2.63. The monoisotopic (exact) mass is 229 g/mol. The molecule has 0 aromatic carbocycles. The predicted octanol–water partition coefficient (Wildman–Crippen LogP) is 2.29. The van der Waals surface area contributed by atoms with Crippen LogP contribution in [0.15, 0.2) is 0 Å². The zero-order valence-electron chi connectivity index (χ0n) is 9.71. The van der Waals surface area contributed by atoms with Gasteiger partial charge in [-0.05, 0) is 38.0 Å². The van der Waals surface area contributed by atoms with E-state index in [0.29, 0.717) is 6.04 Å². The van der Waals surface area contributed by atoms with Crippen molar-refractivity contribution >= 4 is 11.8 Å². The second kappa shape index (κ2) is 6.12. The Morgan fingerprint density at radius 3 is 3.00 bits per heavy atom. The summed E-state index contributed by atoms with van der Waals surface area (Å²) in [7, 11) is 0. The van der Waals surface area contributed by atoms with Gasteiger partial charge >= 0.3 is 0 Å². The molecule has 2 rings (SSSR count). The Balaban J connectivity index is 1.88. The van der Waals surface area contributed by atoms with Gasteiger partial charge in [-0.1, -0.05) is 6.92 Å². The lowest BCUT2D eigenvalue weighted by molar-refractivity contribution is 0.176. The Morgan fingerprint density at radius 1 is 1.47 bits per heavy atom. The third-order valence-corrected chi connectivity index (χ3v) is 4.95. The molecular formula is C12H23NOS. The van der Waals surface area contributed by atoms with Gasteiger partial charge in [-0.25, -0.2) is 0 Å². The molecule has 2 nitrogen and oxygen atoms in total. The van der Waals surface area contributed by atoms with Gasteiger partial charge in [0.2, 0.25) is 0 Å². The third kappa shape index (κ3) is 3.11. The smallest absolute Gasteiger partial charge is 0.0510 e. The summed E-state index contributed by atoms with van der Waals surface area (Å²) in [5, 5.41) is 4.60. The van der Waals surface area contributed by atoms with Crippen molar-refractivity contribution in [1.82, 2.24) is 5.32 Å². The average molecular weight is 229 g/mol. The third-order valence-electron chi connectivity index (χ3n) is 3.47. The minimum atomic E-state index is 0.708. The molecule has 1 N–H and O–H groups in total. The molecule has 2 saturated heterocycles. The minimum Gasteiger partial charge on any atom is -0.381 e. The van der Waals surface area contributed by atoms with E-state index in [1.165, 1.54) is 31.4 Å². The molecular weight excluding hydrogens is 206 g/mol. The van der Waals surface area contributed by atoms with E-state index in [9.17, 15) is 0 Å².